The zero-order valence-electron chi connectivity index (χ0n) is 17.2. The van der Waals surface area contributed by atoms with Crippen LogP contribution in [0.5, 0.6) is 5.75 Å². The fourth-order valence-corrected chi connectivity index (χ4v) is 4.77. The Labute approximate surface area is 201 Å². The predicted molar refractivity (Wildman–Crippen MR) is 129 cm³/mol. The first-order valence-electron chi connectivity index (χ1n) is 9.89. The highest BCUT2D eigenvalue weighted by molar-refractivity contribution is 9.10. The first-order valence-corrected chi connectivity index (χ1v) is 11.6. The molecular weight excluding hydrogens is 506 g/mol. The number of fused-ring (bicyclic) bond motifs is 1. The maximum Gasteiger partial charge on any atom is 0.301 e. The molecule has 164 valence electrons. The lowest BCUT2D eigenvalue weighted by molar-refractivity contribution is -0.132. The summed E-state index contributed by atoms with van der Waals surface area (Å²) in [5.41, 5.74) is 2.60. The number of hydrogen-bond donors (Lipinski definition) is 1. The Morgan fingerprint density at radius 3 is 2.48 bits per heavy atom. The second-order valence-corrected chi connectivity index (χ2v) is 9.10. The van der Waals surface area contributed by atoms with Crippen LogP contribution >= 0.6 is 27.3 Å². The second-order valence-electron chi connectivity index (χ2n) is 7.37. The predicted octanol–water partition coefficient (Wildman–Crippen LogP) is 5.09. The Morgan fingerprint density at radius 2 is 1.79 bits per heavy atom. The van der Waals surface area contributed by atoms with Crippen molar-refractivity contribution < 1.29 is 19.4 Å². The number of aliphatic hydroxyl groups excluding tert-OH is 1. The van der Waals surface area contributed by atoms with E-state index in [0.717, 1.165) is 32.3 Å². The molecule has 1 amide bonds. The SMILES string of the molecule is COc1ccc2cc(/C(O)=C3\C(=O)C(=O)N(c4nncs4)C3c3ccc(Br)cc3)ccc2c1. The molecule has 2 heterocycles. The summed E-state index contributed by atoms with van der Waals surface area (Å²) in [5.74, 6) is -1.06. The van der Waals surface area contributed by atoms with Crippen LogP contribution in [0.3, 0.4) is 0 Å². The number of Topliss-reactive ketones (excluding diaryl/α,β-unsaturated/α-hetero) is 1. The molecule has 0 spiro atoms. The zero-order valence-corrected chi connectivity index (χ0v) is 19.6. The molecule has 1 saturated heterocycles. The van der Waals surface area contributed by atoms with Crippen LogP contribution in [0.1, 0.15) is 17.2 Å². The van der Waals surface area contributed by atoms with Gasteiger partial charge < -0.3 is 9.84 Å². The molecule has 4 aromatic rings. The number of benzene rings is 3. The van der Waals surface area contributed by atoms with Crippen molar-refractivity contribution in [2.75, 3.05) is 12.0 Å². The van der Waals surface area contributed by atoms with Crippen LogP contribution in [-0.4, -0.2) is 34.1 Å². The monoisotopic (exact) mass is 521 g/mol. The highest BCUT2D eigenvalue weighted by Crippen LogP contribution is 2.43. The molecule has 9 heteroatoms. The van der Waals surface area contributed by atoms with Gasteiger partial charge in [-0.05, 0) is 46.7 Å². The summed E-state index contributed by atoms with van der Waals surface area (Å²) in [5, 5.41) is 21.2. The summed E-state index contributed by atoms with van der Waals surface area (Å²) in [7, 11) is 1.60. The fraction of sp³-hybridized carbons (Fsp3) is 0.0833. The van der Waals surface area contributed by atoms with Crippen molar-refractivity contribution >= 4 is 60.6 Å². The summed E-state index contributed by atoms with van der Waals surface area (Å²) in [6, 6.07) is 17.3. The molecule has 1 aromatic heterocycles. The van der Waals surface area contributed by atoms with Crippen molar-refractivity contribution in [3.63, 3.8) is 0 Å². The third-order valence-corrected chi connectivity index (χ3v) is 6.72. The number of amides is 1. The first-order chi connectivity index (χ1) is 16.0. The lowest BCUT2D eigenvalue weighted by Gasteiger charge is -2.22. The van der Waals surface area contributed by atoms with E-state index in [1.165, 1.54) is 10.4 Å². The largest absolute Gasteiger partial charge is 0.507 e. The molecule has 7 nitrogen and oxygen atoms in total. The molecular formula is C24H16BrN3O4S. The minimum atomic E-state index is -0.836. The number of ether oxygens (including phenoxy) is 1. The molecule has 33 heavy (non-hydrogen) atoms. The van der Waals surface area contributed by atoms with Gasteiger partial charge in [-0.15, -0.1) is 10.2 Å². The van der Waals surface area contributed by atoms with Gasteiger partial charge in [-0.1, -0.05) is 57.6 Å². The number of hydrogen-bond acceptors (Lipinski definition) is 7. The summed E-state index contributed by atoms with van der Waals surface area (Å²) in [6.45, 7) is 0. The maximum absolute atomic E-state index is 13.1. The Hall–Kier alpha value is -3.56. The van der Waals surface area contributed by atoms with Gasteiger partial charge in [0.05, 0.1) is 18.7 Å². The van der Waals surface area contributed by atoms with Crippen LogP contribution in [0.2, 0.25) is 0 Å². The van der Waals surface area contributed by atoms with Gasteiger partial charge in [0.15, 0.2) is 0 Å². The fourth-order valence-electron chi connectivity index (χ4n) is 3.92. The summed E-state index contributed by atoms with van der Waals surface area (Å²) in [6.07, 6.45) is 0. The third kappa shape index (κ3) is 3.69. The number of aliphatic hydroxyl groups is 1. The first kappa shape index (κ1) is 21.3. The maximum atomic E-state index is 13.1. The van der Waals surface area contributed by atoms with E-state index in [2.05, 4.69) is 26.1 Å². The summed E-state index contributed by atoms with van der Waals surface area (Å²) >= 11 is 4.56. The van der Waals surface area contributed by atoms with E-state index in [-0.39, 0.29) is 16.5 Å². The van der Waals surface area contributed by atoms with E-state index in [4.69, 9.17) is 4.74 Å². The standard InChI is InChI=1S/C24H16BrN3O4S/c1-32-18-9-6-14-10-16(3-2-15(14)11-18)21(29)19-20(13-4-7-17(25)8-5-13)28(23(31)22(19)30)24-27-26-12-33-24/h2-12,20,29H,1H3/b21-19+. The van der Waals surface area contributed by atoms with Gasteiger partial charge in [0.25, 0.3) is 5.78 Å². The van der Waals surface area contributed by atoms with Crippen LogP contribution in [0.4, 0.5) is 5.13 Å². The van der Waals surface area contributed by atoms with Crippen LogP contribution in [0.15, 0.2) is 76.2 Å². The minimum Gasteiger partial charge on any atom is -0.507 e. The van der Waals surface area contributed by atoms with E-state index < -0.39 is 17.7 Å². The molecule has 0 bridgehead atoms. The average molecular weight is 522 g/mol. The molecule has 0 saturated carbocycles. The van der Waals surface area contributed by atoms with Crippen molar-refractivity contribution in [3.05, 3.63) is 87.3 Å². The van der Waals surface area contributed by atoms with Crippen molar-refractivity contribution in [2.45, 2.75) is 6.04 Å². The third-order valence-electron chi connectivity index (χ3n) is 5.51. The number of rotatable bonds is 4. The lowest BCUT2D eigenvalue weighted by Crippen LogP contribution is -2.29. The van der Waals surface area contributed by atoms with Crippen LogP contribution in [-0.2, 0) is 9.59 Å². The second kappa shape index (κ2) is 8.42. The Kier molecular flexibility index (Phi) is 5.43. The molecule has 1 atom stereocenters. The molecule has 1 unspecified atom stereocenters. The van der Waals surface area contributed by atoms with Crippen molar-refractivity contribution in [3.8, 4) is 5.75 Å². The smallest absolute Gasteiger partial charge is 0.301 e. The number of aromatic nitrogens is 2. The molecule has 1 N–H and O–H groups in total. The Bertz CT molecular complexity index is 1420. The number of methoxy groups -OCH3 is 1. The molecule has 0 radical (unpaired) electrons. The normalized spacial score (nSPS) is 17.6. The number of halogens is 1. The van der Waals surface area contributed by atoms with Crippen molar-refractivity contribution in [1.82, 2.24) is 10.2 Å². The van der Waals surface area contributed by atoms with Gasteiger partial charge in [-0.25, -0.2) is 0 Å². The molecule has 5 rings (SSSR count). The molecule has 1 fully saturated rings. The van der Waals surface area contributed by atoms with Gasteiger partial charge in [-0.2, -0.15) is 0 Å². The number of carbonyl (C=O) groups excluding carboxylic acids is 2. The van der Waals surface area contributed by atoms with Crippen LogP contribution < -0.4 is 9.64 Å². The Balaban J connectivity index is 1.69. The minimum absolute atomic E-state index is 0.00499. The molecule has 1 aliphatic rings. The topological polar surface area (TPSA) is 92.6 Å². The molecule has 1 aliphatic heterocycles. The highest BCUT2D eigenvalue weighted by Gasteiger charge is 2.48. The van der Waals surface area contributed by atoms with E-state index in [1.807, 2.05) is 36.4 Å². The molecule has 3 aromatic carbocycles. The highest BCUT2D eigenvalue weighted by atomic mass is 79.9. The quantitative estimate of drug-likeness (QED) is 0.228. The van der Waals surface area contributed by atoms with E-state index in [0.29, 0.717) is 11.1 Å². The van der Waals surface area contributed by atoms with E-state index >= 15 is 0 Å². The van der Waals surface area contributed by atoms with Crippen molar-refractivity contribution in [2.24, 2.45) is 0 Å². The summed E-state index contributed by atoms with van der Waals surface area (Å²) in [4.78, 5) is 27.5. The van der Waals surface area contributed by atoms with Crippen LogP contribution in [0, 0.1) is 0 Å². The van der Waals surface area contributed by atoms with E-state index in [1.54, 1.807) is 31.4 Å². The number of ketones is 1. The molecule has 0 aliphatic carbocycles. The van der Waals surface area contributed by atoms with Gasteiger partial charge in [-0.3, -0.25) is 14.5 Å². The Morgan fingerprint density at radius 1 is 1.06 bits per heavy atom. The zero-order chi connectivity index (χ0) is 23.1. The number of anilines is 1. The van der Waals surface area contributed by atoms with Crippen molar-refractivity contribution in [1.29, 1.82) is 0 Å². The van der Waals surface area contributed by atoms with E-state index in [9.17, 15) is 14.7 Å². The lowest BCUT2D eigenvalue weighted by atomic mass is 9.94. The number of carbonyl (C=O) groups is 2. The summed E-state index contributed by atoms with van der Waals surface area (Å²) < 4.78 is 6.12. The number of nitrogens with zero attached hydrogens (tertiary/aromatic N) is 3. The average Bonchev–Trinajstić information content (AvgIpc) is 3.45. The van der Waals surface area contributed by atoms with Crippen LogP contribution in [0.25, 0.3) is 16.5 Å². The van der Waals surface area contributed by atoms with Gasteiger partial charge >= 0.3 is 5.91 Å². The van der Waals surface area contributed by atoms with Gasteiger partial charge in [0, 0.05) is 10.0 Å². The van der Waals surface area contributed by atoms with Gasteiger partial charge in [0.1, 0.15) is 17.0 Å². The van der Waals surface area contributed by atoms with Gasteiger partial charge in [0.2, 0.25) is 5.13 Å².